The first-order chi connectivity index (χ1) is 22.0. The Balaban J connectivity index is 1.73. The minimum Gasteiger partial charge on any atom is -0.370 e. The van der Waals surface area contributed by atoms with E-state index in [2.05, 4.69) is 31.2 Å². The summed E-state index contributed by atoms with van der Waals surface area (Å²) >= 11 is 0. The summed E-state index contributed by atoms with van der Waals surface area (Å²) in [5.41, 5.74) is 29.0. The number of hydrogen-bond acceptors (Lipinski definition) is 9. The fraction of sp³-hybridized carbons (Fsp3) is 0.533. The lowest BCUT2D eigenvalue weighted by Gasteiger charge is -2.19. The molecule has 0 bridgehead atoms. The third-order valence-corrected chi connectivity index (χ3v) is 7.19. The zero-order chi connectivity index (χ0) is 33.9. The van der Waals surface area contributed by atoms with Crippen molar-refractivity contribution in [2.24, 2.45) is 33.7 Å². The van der Waals surface area contributed by atoms with Crippen LogP contribution in [0.4, 0.5) is 0 Å². The summed E-state index contributed by atoms with van der Waals surface area (Å²) in [6.45, 7) is 1.53. The van der Waals surface area contributed by atoms with Crippen LogP contribution in [0, 0.1) is 0 Å². The highest BCUT2D eigenvalue weighted by Crippen LogP contribution is 2.18. The maximum atomic E-state index is 12.8. The predicted molar refractivity (Wildman–Crippen MR) is 176 cm³/mol. The molecule has 0 spiro atoms. The van der Waals surface area contributed by atoms with Crippen molar-refractivity contribution in [3.05, 3.63) is 36.0 Å². The molecule has 0 aliphatic rings. The van der Waals surface area contributed by atoms with Crippen molar-refractivity contribution in [1.82, 2.24) is 26.3 Å². The Morgan fingerprint density at radius 3 is 2.30 bits per heavy atom. The number of hydrogen-bond donors (Lipinski definition) is 10. The first-order valence-electron chi connectivity index (χ1n) is 15.5. The van der Waals surface area contributed by atoms with Gasteiger partial charge < -0.3 is 49.6 Å². The third kappa shape index (κ3) is 14.0. The van der Waals surface area contributed by atoms with E-state index in [9.17, 15) is 24.0 Å². The van der Waals surface area contributed by atoms with Gasteiger partial charge in [-0.2, -0.15) is 0 Å². The molecular formula is C30H49N11O5. The Morgan fingerprint density at radius 2 is 1.59 bits per heavy atom. The molecule has 5 amide bonds. The summed E-state index contributed by atoms with van der Waals surface area (Å²) in [5.74, 6) is -2.71. The Hall–Kier alpha value is -4.54. The van der Waals surface area contributed by atoms with E-state index in [0.717, 1.165) is 16.5 Å². The number of H-pyrrole nitrogens is 1. The van der Waals surface area contributed by atoms with E-state index in [4.69, 9.17) is 28.7 Å². The molecule has 0 unspecified atom stereocenters. The number of para-hydroxylation sites is 1. The van der Waals surface area contributed by atoms with Gasteiger partial charge in [0.25, 0.3) is 0 Å². The number of aromatic nitrogens is 1. The number of carbonyl (C=O) groups excluding carboxylic acids is 5. The number of amides is 5. The monoisotopic (exact) mass is 643 g/mol. The molecule has 0 saturated heterocycles. The topological polar surface area (TPSA) is 292 Å². The number of primary amides is 1. The highest BCUT2D eigenvalue weighted by Gasteiger charge is 2.24. The number of imide groups is 1. The highest BCUT2D eigenvalue weighted by atomic mass is 16.2. The molecule has 16 heteroatoms. The second-order valence-electron chi connectivity index (χ2n) is 11.0. The lowest BCUT2D eigenvalue weighted by Crippen LogP contribution is -2.51. The standard InChI is InChI=1S/C30H49N11O5/c31-12-6-11-23(29(46)41-27(44)21(32)9-7-15-38-30(34)35)36-13-4-1-5-14-37-28(45)24(17-25(33)42)40-26(43)16-19-18-39-22-10-3-2-8-20(19)22/h2-3,8,10,18,21,23-24,36,39H,1,4-7,9,11-17,31-32H2,(H2,33,42)(H,37,45)(H,40,43)(H4,34,35,38)(H,41,44,46)/t21-,23-,24-/m0/s1. The first-order valence-corrected chi connectivity index (χ1v) is 15.5. The van der Waals surface area contributed by atoms with Gasteiger partial charge in [0.15, 0.2) is 5.96 Å². The van der Waals surface area contributed by atoms with Crippen molar-refractivity contribution >= 4 is 46.4 Å². The molecular weight excluding hydrogens is 594 g/mol. The molecule has 0 fully saturated rings. The third-order valence-electron chi connectivity index (χ3n) is 7.19. The lowest BCUT2D eigenvalue weighted by molar-refractivity contribution is -0.132. The van der Waals surface area contributed by atoms with E-state index < -0.39 is 47.7 Å². The van der Waals surface area contributed by atoms with Gasteiger partial charge in [-0.3, -0.25) is 34.3 Å². The number of nitrogens with one attached hydrogen (secondary N) is 5. The van der Waals surface area contributed by atoms with Crippen molar-refractivity contribution < 1.29 is 24.0 Å². The second kappa shape index (κ2) is 20.5. The molecule has 15 N–H and O–H groups in total. The van der Waals surface area contributed by atoms with E-state index in [1.807, 2.05) is 24.3 Å². The predicted octanol–water partition coefficient (Wildman–Crippen LogP) is -1.92. The maximum Gasteiger partial charge on any atom is 0.243 e. The number of fused-ring (bicyclic) bond motifs is 1. The van der Waals surface area contributed by atoms with Crippen LogP contribution in [0.5, 0.6) is 0 Å². The zero-order valence-corrected chi connectivity index (χ0v) is 26.2. The quantitative estimate of drug-likeness (QED) is 0.0385. The largest absolute Gasteiger partial charge is 0.370 e. The number of nitrogens with zero attached hydrogens (tertiary/aromatic N) is 1. The summed E-state index contributed by atoms with van der Waals surface area (Å²) in [4.78, 5) is 69.1. The summed E-state index contributed by atoms with van der Waals surface area (Å²) in [5, 5.41) is 11.8. The van der Waals surface area contributed by atoms with Crippen LogP contribution in [-0.4, -0.2) is 84.8 Å². The molecule has 46 heavy (non-hydrogen) atoms. The van der Waals surface area contributed by atoms with Gasteiger partial charge in [0.05, 0.1) is 24.9 Å². The smallest absolute Gasteiger partial charge is 0.243 e. The molecule has 254 valence electrons. The number of unbranched alkanes of at least 4 members (excludes halogenated alkanes) is 2. The van der Waals surface area contributed by atoms with Gasteiger partial charge in [0.2, 0.25) is 29.5 Å². The van der Waals surface area contributed by atoms with E-state index in [0.29, 0.717) is 71.1 Å². The Morgan fingerprint density at radius 1 is 0.848 bits per heavy atom. The molecule has 0 saturated carbocycles. The molecule has 1 aromatic carbocycles. The molecule has 0 radical (unpaired) electrons. The SMILES string of the molecule is NCCC[C@H](NCCCCCNC(=O)[C@H](CC(N)=O)NC(=O)Cc1c[nH]c2ccccc12)C(=O)NC(=O)[C@@H](N)CCCN=C(N)N. The number of aliphatic imine (C=N–C) groups is 1. The molecule has 1 heterocycles. The van der Waals surface area contributed by atoms with Crippen LogP contribution < -0.4 is 49.9 Å². The van der Waals surface area contributed by atoms with Gasteiger partial charge in [-0.25, -0.2) is 0 Å². The summed E-state index contributed by atoms with van der Waals surface area (Å²) in [6.07, 6.45) is 5.30. The number of rotatable bonds is 22. The molecule has 2 aromatic rings. The summed E-state index contributed by atoms with van der Waals surface area (Å²) in [7, 11) is 0. The van der Waals surface area contributed by atoms with Gasteiger partial charge in [-0.1, -0.05) is 24.6 Å². The number of benzene rings is 1. The molecule has 0 aliphatic carbocycles. The van der Waals surface area contributed by atoms with Crippen LogP contribution in [0.3, 0.4) is 0 Å². The fourth-order valence-corrected chi connectivity index (χ4v) is 4.74. The summed E-state index contributed by atoms with van der Waals surface area (Å²) in [6, 6.07) is 4.96. The number of guanidine groups is 1. The van der Waals surface area contributed by atoms with Crippen molar-refractivity contribution in [3.8, 4) is 0 Å². The maximum absolute atomic E-state index is 12.8. The minimum atomic E-state index is -1.09. The van der Waals surface area contributed by atoms with Crippen molar-refractivity contribution in [1.29, 1.82) is 0 Å². The molecule has 2 rings (SSSR count). The van der Waals surface area contributed by atoms with E-state index in [-0.39, 0.29) is 18.8 Å². The Bertz CT molecular complexity index is 1330. The van der Waals surface area contributed by atoms with Gasteiger partial charge in [0, 0.05) is 30.2 Å². The van der Waals surface area contributed by atoms with Crippen LogP contribution >= 0.6 is 0 Å². The Labute approximate surface area is 268 Å². The average molecular weight is 644 g/mol. The highest BCUT2D eigenvalue weighted by molar-refractivity contribution is 6.00. The number of aromatic amines is 1. The average Bonchev–Trinajstić information content (AvgIpc) is 3.41. The normalized spacial score (nSPS) is 12.9. The van der Waals surface area contributed by atoms with E-state index in [1.165, 1.54) is 0 Å². The lowest BCUT2D eigenvalue weighted by atomic mass is 10.1. The number of carbonyl (C=O) groups is 5. The van der Waals surface area contributed by atoms with Crippen LogP contribution in [0.15, 0.2) is 35.5 Å². The second-order valence-corrected chi connectivity index (χ2v) is 11.0. The van der Waals surface area contributed by atoms with Crippen molar-refractivity contribution in [2.75, 3.05) is 26.2 Å². The van der Waals surface area contributed by atoms with Crippen LogP contribution in [0.1, 0.15) is 56.9 Å². The van der Waals surface area contributed by atoms with E-state index >= 15 is 0 Å². The van der Waals surface area contributed by atoms with Gasteiger partial charge in [0.1, 0.15) is 6.04 Å². The Kier molecular flexibility index (Phi) is 16.8. The number of nitrogens with two attached hydrogens (primary N) is 5. The van der Waals surface area contributed by atoms with Gasteiger partial charge in [-0.15, -0.1) is 0 Å². The minimum absolute atomic E-state index is 0.0332. The zero-order valence-electron chi connectivity index (χ0n) is 26.2. The van der Waals surface area contributed by atoms with Crippen LogP contribution in [0.2, 0.25) is 0 Å². The van der Waals surface area contributed by atoms with Crippen molar-refractivity contribution in [2.45, 2.75) is 75.9 Å². The van der Waals surface area contributed by atoms with Gasteiger partial charge in [-0.05, 0) is 63.2 Å². The fourth-order valence-electron chi connectivity index (χ4n) is 4.74. The van der Waals surface area contributed by atoms with Gasteiger partial charge >= 0.3 is 0 Å². The summed E-state index contributed by atoms with van der Waals surface area (Å²) < 4.78 is 0. The van der Waals surface area contributed by atoms with Crippen LogP contribution in [-0.2, 0) is 30.4 Å². The molecule has 16 nitrogen and oxygen atoms in total. The van der Waals surface area contributed by atoms with Crippen molar-refractivity contribution in [3.63, 3.8) is 0 Å². The molecule has 1 aromatic heterocycles. The van der Waals surface area contributed by atoms with E-state index in [1.54, 1.807) is 6.20 Å². The molecule has 3 atom stereocenters. The van der Waals surface area contributed by atoms with Crippen LogP contribution in [0.25, 0.3) is 10.9 Å². The molecule has 0 aliphatic heterocycles. The first kappa shape index (κ1) is 37.6.